The molecular formula is C12H20N2OS. The molecular weight excluding hydrogens is 220 g/mol. The first-order chi connectivity index (χ1) is 7.38. The SMILES string of the molecule is CC(C)(C)CCNCc1cc(C(N)=O)cs1. The molecule has 16 heavy (non-hydrogen) atoms. The Labute approximate surface area is 101 Å². The third-order valence-electron chi connectivity index (χ3n) is 2.29. The maximum Gasteiger partial charge on any atom is 0.249 e. The predicted octanol–water partition coefficient (Wildman–Crippen LogP) is 2.37. The Balaban J connectivity index is 2.30. The molecule has 0 radical (unpaired) electrons. The average Bonchev–Trinajstić information content (AvgIpc) is 2.59. The van der Waals surface area contributed by atoms with Crippen LogP contribution in [0.5, 0.6) is 0 Å². The Morgan fingerprint density at radius 3 is 2.69 bits per heavy atom. The summed E-state index contributed by atoms with van der Waals surface area (Å²) in [6, 6.07) is 1.86. The summed E-state index contributed by atoms with van der Waals surface area (Å²) in [7, 11) is 0. The Morgan fingerprint density at radius 2 is 2.19 bits per heavy atom. The van der Waals surface area contributed by atoms with Crippen LogP contribution < -0.4 is 11.1 Å². The number of carbonyl (C=O) groups excluding carboxylic acids is 1. The van der Waals surface area contributed by atoms with Gasteiger partial charge in [0.1, 0.15) is 0 Å². The third-order valence-corrected chi connectivity index (χ3v) is 3.23. The number of carbonyl (C=O) groups is 1. The van der Waals surface area contributed by atoms with E-state index in [1.54, 1.807) is 11.3 Å². The zero-order valence-electron chi connectivity index (χ0n) is 10.2. The zero-order valence-corrected chi connectivity index (χ0v) is 11.0. The molecule has 0 aliphatic rings. The van der Waals surface area contributed by atoms with E-state index in [-0.39, 0.29) is 5.91 Å². The van der Waals surface area contributed by atoms with Crippen molar-refractivity contribution in [3.8, 4) is 0 Å². The van der Waals surface area contributed by atoms with Crippen molar-refractivity contribution in [2.75, 3.05) is 6.54 Å². The molecule has 0 bridgehead atoms. The fraction of sp³-hybridized carbons (Fsp3) is 0.583. The number of thiophene rings is 1. The number of amides is 1. The summed E-state index contributed by atoms with van der Waals surface area (Å²) in [5.74, 6) is -0.350. The van der Waals surface area contributed by atoms with Crippen molar-refractivity contribution in [2.24, 2.45) is 11.1 Å². The normalized spacial score (nSPS) is 11.7. The van der Waals surface area contributed by atoms with Crippen LogP contribution in [0.3, 0.4) is 0 Å². The minimum absolute atomic E-state index is 0.350. The van der Waals surface area contributed by atoms with Crippen LogP contribution >= 0.6 is 11.3 Å². The lowest BCUT2D eigenvalue weighted by Gasteiger charge is -2.17. The van der Waals surface area contributed by atoms with Crippen LogP contribution in [-0.4, -0.2) is 12.5 Å². The Morgan fingerprint density at radius 1 is 1.50 bits per heavy atom. The maximum atomic E-state index is 10.9. The van der Waals surface area contributed by atoms with E-state index in [1.165, 1.54) is 0 Å². The van der Waals surface area contributed by atoms with Gasteiger partial charge in [-0.2, -0.15) is 0 Å². The number of primary amides is 1. The number of hydrogen-bond acceptors (Lipinski definition) is 3. The summed E-state index contributed by atoms with van der Waals surface area (Å²) in [4.78, 5) is 12.0. The van der Waals surface area contributed by atoms with Gasteiger partial charge in [0.15, 0.2) is 0 Å². The molecule has 1 rings (SSSR count). The summed E-state index contributed by atoms with van der Waals surface area (Å²) in [6.45, 7) is 8.49. The highest BCUT2D eigenvalue weighted by atomic mass is 32.1. The minimum atomic E-state index is -0.350. The maximum absolute atomic E-state index is 10.9. The molecule has 1 aromatic rings. The quantitative estimate of drug-likeness (QED) is 0.776. The lowest BCUT2D eigenvalue weighted by molar-refractivity contribution is 0.100. The van der Waals surface area contributed by atoms with E-state index >= 15 is 0 Å². The van der Waals surface area contributed by atoms with Crippen molar-refractivity contribution in [3.63, 3.8) is 0 Å². The Bertz CT molecular complexity index is 352. The largest absolute Gasteiger partial charge is 0.366 e. The fourth-order valence-electron chi connectivity index (χ4n) is 1.28. The van der Waals surface area contributed by atoms with Crippen molar-refractivity contribution in [1.29, 1.82) is 0 Å². The molecule has 0 aliphatic carbocycles. The molecule has 3 nitrogen and oxygen atoms in total. The molecule has 1 amide bonds. The van der Waals surface area contributed by atoms with E-state index in [4.69, 9.17) is 5.73 Å². The van der Waals surface area contributed by atoms with Gasteiger partial charge in [-0.25, -0.2) is 0 Å². The van der Waals surface area contributed by atoms with Gasteiger partial charge in [0.25, 0.3) is 0 Å². The van der Waals surface area contributed by atoms with Crippen molar-refractivity contribution in [2.45, 2.75) is 33.7 Å². The van der Waals surface area contributed by atoms with Crippen molar-refractivity contribution in [1.82, 2.24) is 5.32 Å². The highest BCUT2D eigenvalue weighted by Crippen LogP contribution is 2.18. The number of rotatable bonds is 5. The topological polar surface area (TPSA) is 55.1 Å². The van der Waals surface area contributed by atoms with Crippen LogP contribution in [-0.2, 0) is 6.54 Å². The standard InChI is InChI=1S/C12H20N2OS/c1-12(2,3)4-5-14-7-10-6-9(8-16-10)11(13)15/h6,8,14H,4-5,7H2,1-3H3,(H2,13,15). The van der Waals surface area contributed by atoms with E-state index in [0.717, 1.165) is 24.4 Å². The summed E-state index contributed by atoms with van der Waals surface area (Å²) >= 11 is 1.57. The molecule has 0 saturated carbocycles. The van der Waals surface area contributed by atoms with Crippen molar-refractivity contribution < 1.29 is 4.79 Å². The second-order valence-corrected chi connectivity index (χ2v) is 6.15. The Hall–Kier alpha value is -0.870. The van der Waals surface area contributed by atoms with E-state index in [0.29, 0.717) is 11.0 Å². The first-order valence-electron chi connectivity index (χ1n) is 5.46. The third kappa shape index (κ3) is 4.77. The highest BCUT2D eigenvalue weighted by molar-refractivity contribution is 7.10. The summed E-state index contributed by atoms with van der Waals surface area (Å²) in [5.41, 5.74) is 6.16. The molecule has 1 heterocycles. The average molecular weight is 240 g/mol. The molecule has 0 unspecified atom stereocenters. The van der Waals surface area contributed by atoms with Crippen LogP contribution in [0.2, 0.25) is 0 Å². The van der Waals surface area contributed by atoms with E-state index < -0.39 is 0 Å². The summed E-state index contributed by atoms with van der Waals surface area (Å²) in [5, 5.41) is 5.18. The van der Waals surface area contributed by atoms with Crippen molar-refractivity contribution in [3.05, 3.63) is 21.9 Å². The second kappa shape index (κ2) is 5.46. The summed E-state index contributed by atoms with van der Waals surface area (Å²) < 4.78 is 0. The Kier molecular flexibility index (Phi) is 4.50. The molecule has 90 valence electrons. The van der Waals surface area contributed by atoms with Crippen molar-refractivity contribution >= 4 is 17.2 Å². The molecule has 0 saturated heterocycles. The zero-order chi connectivity index (χ0) is 12.2. The highest BCUT2D eigenvalue weighted by Gasteiger charge is 2.09. The van der Waals surface area contributed by atoms with Gasteiger partial charge in [0.05, 0.1) is 5.56 Å². The van der Waals surface area contributed by atoms with E-state index in [2.05, 4.69) is 26.1 Å². The summed E-state index contributed by atoms with van der Waals surface area (Å²) in [6.07, 6.45) is 1.14. The van der Waals surface area contributed by atoms with Crippen LogP contribution in [0.1, 0.15) is 42.4 Å². The number of nitrogens with two attached hydrogens (primary N) is 1. The number of hydrogen-bond donors (Lipinski definition) is 2. The lowest BCUT2D eigenvalue weighted by Crippen LogP contribution is -2.19. The minimum Gasteiger partial charge on any atom is -0.366 e. The lowest BCUT2D eigenvalue weighted by atomic mass is 9.92. The second-order valence-electron chi connectivity index (χ2n) is 5.15. The predicted molar refractivity (Wildman–Crippen MR) is 68.6 cm³/mol. The van der Waals surface area contributed by atoms with E-state index in [9.17, 15) is 4.79 Å². The molecule has 0 fully saturated rings. The fourth-order valence-corrected chi connectivity index (χ4v) is 2.12. The van der Waals surface area contributed by atoms with Crippen LogP contribution in [0.15, 0.2) is 11.4 Å². The number of nitrogens with one attached hydrogen (secondary N) is 1. The molecule has 0 aliphatic heterocycles. The van der Waals surface area contributed by atoms with Gasteiger partial charge in [-0.3, -0.25) is 4.79 Å². The van der Waals surface area contributed by atoms with Gasteiger partial charge in [-0.1, -0.05) is 20.8 Å². The molecule has 1 aromatic heterocycles. The smallest absolute Gasteiger partial charge is 0.249 e. The molecule has 0 aromatic carbocycles. The molecule has 0 spiro atoms. The van der Waals surface area contributed by atoms with Gasteiger partial charge in [0.2, 0.25) is 5.91 Å². The monoisotopic (exact) mass is 240 g/mol. The molecule has 4 heteroatoms. The van der Waals surface area contributed by atoms with Crippen LogP contribution in [0.25, 0.3) is 0 Å². The first kappa shape index (κ1) is 13.2. The first-order valence-corrected chi connectivity index (χ1v) is 6.34. The van der Waals surface area contributed by atoms with Crippen LogP contribution in [0, 0.1) is 5.41 Å². The van der Waals surface area contributed by atoms with Gasteiger partial charge >= 0.3 is 0 Å². The molecule has 3 N–H and O–H groups in total. The van der Waals surface area contributed by atoms with E-state index in [1.807, 2.05) is 11.4 Å². The van der Waals surface area contributed by atoms with Gasteiger partial charge in [-0.15, -0.1) is 11.3 Å². The van der Waals surface area contributed by atoms with Crippen LogP contribution in [0.4, 0.5) is 0 Å². The molecule has 0 atom stereocenters. The van der Waals surface area contributed by atoms with Gasteiger partial charge in [0, 0.05) is 16.8 Å². The van der Waals surface area contributed by atoms with Gasteiger partial charge < -0.3 is 11.1 Å². The van der Waals surface area contributed by atoms with Gasteiger partial charge in [-0.05, 0) is 24.4 Å².